The first-order chi connectivity index (χ1) is 4.41. The molecule has 0 rings (SSSR count). The minimum atomic E-state index is 0.844. The molecule has 0 aliphatic carbocycles. The molecule has 0 heterocycles. The summed E-state index contributed by atoms with van der Waals surface area (Å²) in [5.74, 6) is 0. The molecule has 0 unspecified atom stereocenters. The fourth-order valence-corrected chi connectivity index (χ4v) is 0.204. The van der Waals surface area contributed by atoms with Gasteiger partial charge in [-0.3, -0.25) is 0 Å². The van der Waals surface area contributed by atoms with Crippen LogP contribution in [0, 0.1) is 0 Å². The van der Waals surface area contributed by atoms with Gasteiger partial charge < -0.3 is 10.5 Å². The lowest BCUT2D eigenvalue weighted by Gasteiger charge is -1.80. The summed E-state index contributed by atoms with van der Waals surface area (Å²) in [4.78, 5) is 8.00. The summed E-state index contributed by atoms with van der Waals surface area (Å²) < 4.78 is 0. The molecule has 2 N–H and O–H groups in total. The van der Waals surface area contributed by atoms with Crippen LogP contribution in [-0.2, 0) is 4.79 Å². The van der Waals surface area contributed by atoms with Crippen molar-refractivity contribution in [2.75, 3.05) is 6.54 Å². The van der Waals surface area contributed by atoms with Gasteiger partial charge in [-0.15, -0.1) is 0 Å². The second kappa shape index (κ2) is 48.5. The van der Waals surface area contributed by atoms with E-state index in [2.05, 4.69) is 6.92 Å². The number of hydrogen-bond acceptors (Lipinski definition) is 2. The lowest BCUT2D eigenvalue weighted by molar-refractivity contribution is -0.0979. The van der Waals surface area contributed by atoms with Gasteiger partial charge in [-0.05, 0) is 13.0 Å². The lowest BCUT2D eigenvalue weighted by atomic mass is 10.3. The first-order valence-corrected chi connectivity index (χ1v) is 3.40. The molecule has 0 aromatic rings. The molecule has 0 radical (unpaired) electrons. The lowest BCUT2D eigenvalue weighted by Crippen LogP contribution is -1.95. The topological polar surface area (TPSA) is 43.1 Å². The highest BCUT2D eigenvalue weighted by Gasteiger charge is 1.67. The van der Waals surface area contributed by atoms with Crippen LogP contribution in [0.15, 0.2) is 0 Å². The average Bonchev–Trinajstić information content (AvgIpc) is 1.98. The zero-order chi connectivity index (χ0) is 8.12. The van der Waals surface area contributed by atoms with Crippen molar-refractivity contribution in [3.63, 3.8) is 0 Å². The first kappa shape index (κ1) is 15.9. The van der Waals surface area contributed by atoms with E-state index in [0.717, 1.165) is 6.54 Å². The van der Waals surface area contributed by atoms with Crippen LogP contribution < -0.4 is 5.73 Å². The van der Waals surface area contributed by atoms with Crippen molar-refractivity contribution in [3.05, 3.63) is 0 Å². The Labute approximate surface area is 58.4 Å². The molecule has 0 saturated heterocycles. The van der Waals surface area contributed by atoms with Crippen LogP contribution in [0.25, 0.3) is 0 Å². The van der Waals surface area contributed by atoms with E-state index in [1.807, 2.05) is 20.6 Å². The molecular weight excluding hydrogens is 114 g/mol. The minimum Gasteiger partial charge on any atom is -0.330 e. The van der Waals surface area contributed by atoms with E-state index in [1.165, 1.54) is 12.8 Å². The molecule has 0 bridgehead atoms. The van der Waals surface area contributed by atoms with Crippen LogP contribution in [0.2, 0.25) is 0 Å². The van der Waals surface area contributed by atoms with E-state index in [1.54, 1.807) is 0 Å². The quantitative estimate of drug-likeness (QED) is 0.621. The minimum absolute atomic E-state index is 0.844. The van der Waals surface area contributed by atoms with Gasteiger partial charge in [-0.1, -0.05) is 27.2 Å². The van der Waals surface area contributed by atoms with Crippen molar-refractivity contribution >= 4 is 6.79 Å². The number of unbranched alkanes of at least 4 members (excludes halogenated alkanes) is 1. The summed E-state index contributed by atoms with van der Waals surface area (Å²) in [7, 11) is 0. The smallest absolute Gasteiger partial charge is 0.106 e. The number of carbonyl (C=O) groups is 1. The van der Waals surface area contributed by atoms with Crippen molar-refractivity contribution in [1.29, 1.82) is 0 Å². The molecule has 0 aromatic carbocycles. The number of nitrogens with two attached hydrogens (primary N) is 1. The summed E-state index contributed by atoms with van der Waals surface area (Å²) >= 11 is 0. The van der Waals surface area contributed by atoms with Gasteiger partial charge in [-0.2, -0.15) is 0 Å². The number of rotatable bonds is 2. The van der Waals surface area contributed by atoms with Gasteiger partial charge in [0.15, 0.2) is 0 Å². The summed E-state index contributed by atoms with van der Waals surface area (Å²) in [6, 6.07) is 0. The monoisotopic (exact) mass is 133 g/mol. The zero-order valence-corrected chi connectivity index (χ0v) is 6.81. The zero-order valence-electron chi connectivity index (χ0n) is 6.81. The van der Waals surface area contributed by atoms with Crippen molar-refractivity contribution in [1.82, 2.24) is 0 Å². The molecule has 0 saturated carbocycles. The summed E-state index contributed by atoms with van der Waals surface area (Å²) in [6.07, 6.45) is 2.39. The Hall–Kier alpha value is -0.370. The van der Waals surface area contributed by atoms with E-state index in [4.69, 9.17) is 10.5 Å². The Morgan fingerprint density at radius 3 is 1.67 bits per heavy atom. The van der Waals surface area contributed by atoms with E-state index in [9.17, 15) is 0 Å². The Kier molecular flexibility index (Phi) is 85.4. The average molecular weight is 133 g/mol. The van der Waals surface area contributed by atoms with Gasteiger partial charge >= 0.3 is 0 Å². The Morgan fingerprint density at radius 1 is 1.33 bits per heavy atom. The first-order valence-electron chi connectivity index (χ1n) is 3.40. The molecule has 0 aromatic heterocycles. The van der Waals surface area contributed by atoms with E-state index in [0.29, 0.717) is 0 Å². The molecule has 0 fully saturated rings. The third-order valence-electron chi connectivity index (χ3n) is 0.558. The Balaban J connectivity index is -0.0000000771. The highest BCUT2D eigenvalue weighted by atomic mass is 16.1. The molecule has 0 atom stereocenters. The molecule has 0 amide bonds. The summed E-state index contributed by atoms with van der Waals surface area (Å²) in [6.45, 7) is 8.98. The van der Waals surface area contributed by atoms with Crippen molar-refractivity contribution < 1.29 is 4.79 Å². The van der Waals surface area contributed by atoms with Crippen LogP contribution in [0.3, 0.4) is 0 Å². The molecule has 0 spiro atoms. The third-order valence-corrected chi connectivity index (χ3v) is 0.558. The number of hydrogen-bond donors (Lipinski definition) is 1. The van der Waals surface area contributed by atoms with Crippen molar-refractivity contribution in [2.45, 2.75) is 33.6 Å². The summed E-state index contributed by atoms with van der Waals surface area (Å²) in [5, 5.41) is 0. The van der Waals surface area contributed by atoms with Crippen molar-refractivity contribution in [2.24, 2.45) is 5.73 Å². The SMILES string of the molecule is C=O.CC.CCCCN. The third kappa shape index (κ3) is 91.0. The highest BCUT2D eigenvalue weighted by molar-refractivity contribution is 5.10. The highest BCUT2D eigenvalue weighted by Crippen LogP contribution is 1.77. The van der Waals surface area contributed by atoms with Gasteiger partial charge in [0.2, 0.25) is 0 Å². The van der Waals surface area contributed by atoms with Crippen LogP contribution in [0.1, 0.15) is 33.6 Å². The largest absolute Gasteiger partial charge is 0.330 e. The van der Waals surface area contributed by atoms with Gasteiger partial charge in [0.1, 0.15) is 6.79 Å². The van der Waals surface area contributed by atoms with Gasteiger partial charge in [-0.25, -0.2) is 0 Å². The normalized spacial score (nSPS) is 5.78. The van der Waals surface area contributed by atoms with Crippen LogP contribution in [-0.4, -0.2) is 13.3 Å². The molecule has 2 heteroatoms. The van der Waals surface area contributed by atoms with Crippen LogP contribution >= 0.6 is 0 Å². The van der Waals surface area contributed by atoms with Gasteiger partial charge in [0.05, 0.1) is 0 Å². The molecule has 9 heavy (non-hydrogen) atoms. The van der Waals surface area contributed by atoms with E-state index < -0.39 is 0 Å². The Morgan fingerprint density at radius 2 is 1.67 bits per heavy atom. The molecule has 2 nitrogen and oxygen atoms in total. The molecular formula is C7H19NO. The maximum atomic E-state index is 8.00. The number of carbonyl (C=O) groups excluding carboxylic acids is 1. The maximum absolute atomic E-state index is 8.00. The predicted molar refractivity (Wildman–Crippen MR) is 42.4 cm³/mol. The Bertz CT molecular complexity index is 22.9. The second-order valence-electron chi connectivity index (χ2n) is 1.14. The maximum Gasteiger partial charge on any atom is 0.106 e. The molecule has 58 valence electrons. The second-order valence-corrected chi connectivity index (χ2v) is 1.14. The molecule has 0 aliphatic rings. The predicted octanol–water partition coefficient (Wildman–Crippen LogP) is 1.59. The fraction of sp³-hybridized carbons (Fsp3) is 0.857. The van der Waals surface area contributed by atoms with Gasteiger partial charge in [0.25, 0.3) is 0 Å². The molecule has 0 aliphatic heterocycles. The fourth-order valence-electron chi connectivity index (χ4n) is 0.204. The van der Waals surface area contributed by atoms with Gasteiger partial charge in [0, 0.05) is 0 Å². The van der Waals surface area contributed by atoms with E-state index in [-0.39, 0.29) is 0 Å². The van der Waals surface area contributed by atoms with E-state index >= 15 is 0 Å². The van der Waals surface area contributed by atoms with Crippen LogP contribution in [0.4, 0.5) is 0 Å². The standard InChI is InChI=1S/C4H11N.C2H6.CH2O/c1-2-3-4-5;2*1-2/h2-5H2,1H3;1-2H3;1H2. The summed E-state index contributed by atoms with van der Waals surface area (Å²) in [5.41, 5.74) is 5.14. The van der Waals surface area contributed by atoms with Crippen molar-refractivity contribution in [3.8, 4) is 0 Å². The van der Waals surface area contributed by atoms with Crippen LogP contribution in [0.5, 0.6) is 0 Å².